The minimum atomic E-state index is -3.30. The van der Waals surface area contributed by atoms with Crippen LogP contribution in [0.4, 0.5) is 19.4 Å². The largest absolute Gasteiger partial charge is 0.472 e. The summed E-state index contributed by atoms with van der Waals surface area (Å²) in [7, 11) is -1.85. The van der Waals surface area contributed by atoms with E-state index in [0.717, 1.165) is 6.26 Å². The van der Waals surface area contributed by atoms with Crippen molar-refractivity contribution in [1.29, 1.82) is 0 Å². The molecule has 0 aromatic carbocycles. The molecule has 0 saturated heterocycles. The summed E-state index contributed by atoms with van der Waals surface area (Å²) in [6, 6.07) is 3.20. The van der Waals surface area contributed by atoms with Crippen molar-refractivity contribution in [2.75, 3.05) is 25.2 Å². The molecule has 0 aliphatic carbocycles. The molecular weight excluding hydrogens is 344 g/mol. The lowest BCUT2D eigenvalue weighted by molar-refractivity contribution is 0.0796. The summed E-state index contributed by atoms with van der Waals surface area (Å²) in [6.07, 6.45) is -1.53. The van der Waals surface area contributed by atoms with Gasteiger partial charge in [0.05, 0.1) is 5.25 Å². The average Bonchev–Trinajstić information content (AvgIpc) is 2.50. The van der Waals surface area contributed by atoms with Crippen LogP contribution >= 0.6 is 0 Å². The summed E-state index contributed by atoms with van der Waals surface area (Å²) in [5.41, 5.74) is 0. The number of nitrogens with one attached hydrogen (secondary N) is 1. The molecule has 2 atom stereocenters. The molecule has 0 saturated carbocycles. The first kappa shape index (κ1) is 20.1. The van der Waals surface area contributed by atoms with Crippen LogP contribution in [0.15, 0.2) is 18.2 Å². The van der Waals surface area contributed by atoms with Gasteiger partial charge in [-0.1, -0.05) is 6.07 Å². The zero-order chi connectivity index (χ0) is 18.5. The second kappa shape index (κ2) is 8.22. The Morgan fingerprint density at radius 3 is 2.54 bits per heavy atom. The predicted octanol–water partition coefficient (Wildman–Crippen LogP) is 2.01. The summed E-state index contributed by atoms with van der Waals surface area (Å²) < 4.78 is 52.2. The number of urea groups is 1. The third-order valence-corrected chi connectivity index (χ3v) is 5.35. The standard InChI is InChI=1S/C14H21F2N3O4S/c1-9(10(2)24(4,21)22)19(3)14(20)18-12-6-5-7-13(17-12)23-8-11(15)16/h5-7,9-11H,8H2,1-4H3,(H,17,18,20). The fraction of sp³-hybridized carbons (Fsp3) is 0.571. The number of hydrogen-bond acceptors (Lipinski definition) is 5. The monoisotopic (exact) mass is 365 g/mol. The van der Waals surface area contributed by atoms with E-state index in [0.29, 0.717) is 0 Å². The normalized spacial score (nSPS) is 14.1. The van der Waals surface area contributed by atoms with Gasteiger partial charge in [0.25, 0.3) is 6.43 Å². The lowest BCUT2D eigenvalue weighted by atomic mass is 10.2. The van der Waals surface area contributed by atoms with E-state index in [1.54, 1.807) is 6.92 Å². The number of carbonyl (C=O) groups is 1. The van der Waals surface area contributed by atoms with Crippen LogP contribution < -0.4 is 10.1 Å². The zero-order valence-corrected chi connectivity index (χ0v) is 14.7. The Labute approximate surface area is 139 Å². The number of sulfone groups is 1. The Hall–Kier alpha value is -1.97. The van der Waals surface area contributed by atoms with Crippen molar-refractivity contribution in [3.8, 4) is 5.88 Å². The van der Waals surface area contributed by atoms with Crippen LogP contribution in [-0.4, -0.2) is 62.0 Å². The highest BCUT2D eigenvalue weighted by Crippen LogP contribution is 2.15. The Kier molecular flexibility index (Phi) is 6.88. The highest BCUT2D eigenvalue weighted by atomic mass is 32.2. The SMILES string of the molecule is CC(C(C)S(C)(=O)=O)N(C)C(=O)Nc1cccc(OCC(F)F)n1. The van der Waals surface area contributed by atoms with Crippen LogP contribution in [0, 0.1) is 0 Å². The Balaban J connectivity index is 2.75. The Bertz CT molecular complexity index is 670. The zero-order valence-electron chi connectivity index (χ0n) is 13.9. The molecule has 0 aliphatic heterocycles. The van der Waals surface area contributed by atoms with Crippen LogP contribution in [0.1, 0.15) is 13.8 Å². The highest BCUT2D eigenvalue weighted by Gasteiger charge is 2.28. The molecule has 0 spiro atoms. The maximum atomic E-state index is 12.2. The van der Waals surface area contributed by atoms with E-state index < -0.39 is 40.2 Å². The Morgan fingerprint density at radius 1 is 1.38 bits per heavy atom. The number of amides is 2. The van der Waals surface area contributed by atoms with Gasteiger partial charge in [-0.05, 0) is 19.9 Å². The van der Waals surface area contributed by atoms with Gasteiger partial charge in [0.1, 0.15) is 5.82 Å². The van der Waals surface area contributed by atoms with Gasteiger partial charge in [0.15, 0.2) is 16.4 Å². The number of carbonyl (C=O) groups excluding carboxylic acids is 1. The van der Waals surface area contributed by atoms with Crippen LogP contribution in [-0.2, 0) is 9.84 Å². The van der Waals surface area contributed by atoms with E-state index in [4.69, 9.17) is 4.74 Å². The molecule has 1 aromatic heterocycles. The molecule has 2 amide bonds. The van der Waals surface area contributed by atoms with Gasteiger partial charge < -0.3 is 9.64 Å². The van der Waals surface area contributed by atoms with Crippen LogP contribution in [0.2, 0.25) is 0 Å². The van der Waals surface area contributed by atoms with E-state index in [1.807, 2.05) is 0 Å². The van der Waals surface area contributed by atoms with E-state index in [-0.39, 0.29) is 11.7 Å². The molecule has 0 bridgehead atoms. The van der Waals surface area contributed by atoms with Crippen molar-refractivity contribution in [2.24, 2.45) is 0 Å². The van der Waals surface area contributed by atoms with Crippen LogP contribution in [0.25, 0.3) is 0 Å². The molecule has 1 N–H and O–H groups in total. The van der Waals surface area contributed by atoms with Crippen LogP contribution in [0.3, 0.4) is 0 Å². The van der Waals surface area contributed by atoms with Gasteiger partial charge in [-0.2, -0.15) is 4.98 Å². The number of ether oxygens (including phenoxy) is 1. The van der Waals surface area contributed by atoms with E-state index in [2.05, 4.69) is 10.3 Å². The third kappa shape index (κ3) is 5.91. The fourth-order valence-electron chi connectivity index (χ4n) is 1.77. The van der Waals surface area contributed by atoms with Crippen molar-refractivity contribution >= 4 is 21.7 Å². The minimum Gasteiger partial charge on any atom is -0.472 e. The molecule has 24 heavy (non-hydrogen) atoms. The highest BCUT2D eigenvalue weighted by molar-refractivity contribution is 7.91. The van der Waals surface area contributed by atoms with Gasteiger partial charge >= 0.3 is 6.03 Å². The molecule has 2 unspecified atom stereocenters. The topological polar surface area (TPSA) is 88.6 Å². The van der Waals surface area contributed by atoms with Gasteiger partial charge in [0, 0.05) is 25.4 Å². The lowest BCUT2D eigenvalue weighted by Gasteiger charge is -2.28. The number of rotatable bonds is 7. The molecule has 10 heteroatoms. The number of aromatic nitrogens is 1. The second-order valence-electron chi connectivity index (χ2n) is 5.38. The van der Waals surface area contributed by atoms with Crippen LogP contribution in [0.5, 0.6) is 5.88 Å². The lowest BCUT2D eigenvalue weighted by Crippen LogP contribution is -2.46. The van der Waals surface area contributed by atoms with Crippen molar-refractivity contribution in [3.05, 3.63) is 18.2 Å². The van der Waals surface area contributed by atoms with Gasteiger partial charge in [-0.25, -0.2) is 22.0 Å². The first-order chi connectivity index (χ1) is 11.0. The van der Waals surface area contributed by atoms with E-state index in [1.165, 1.54) is 37.1 Å². The predicted molar refractivity (Wildman–Crippen MR) is 86.3 cm³/mol. The number of anilines is 1. The number of hydrogen-bond donors (Lipinski definition) is 1. The summed E-state index contributed by atoms with van der Waals surface area (Å²) in [5, 5.41) is 1.72. The van der Waals surface area contributed by atoms with E-state index in [9.17, 15) is 22.0 Å². The molecule has 0 radical (unpaired) electrons. The molecule has 136 valence electrons. The number of halogens is 2. The molecule has 7 nitrogen and oxygen atoms in total. The summed E-state index contributed by atoms with van der Waals surface area (Å²) in [6.45, 7) is 2.33. The first-order valence-corrected chi connectivity index (χ1v) is 9.08. The van der Waals surface area contributed by atoms with Crippen molar-refractivity contribution < 1.29 is 26.7 Å². The average molecular weight is 365 g/mol. The van der Waals surface area contributed by atoms with Gasteiger partial charge in [-0.15, -0.1) is 0 Å². The number of alkyl halides is 2. The second-order valence-corrected chi connectivity index (χ2v) is 7.78. The van der Waals surface area contributed by atoms with Crippen molar-refractivity contribution in [3.63, 3.8) is 0 Å². The molecule has 1 heterocycles. The van der Waals surface area contributed by atoms with E-state index >= 15 is 0 Å². The molecular formula is C14H21F2N3O4S. The molecule has 0 fully saturated rings. The van der Waals surface area contributed by atoms with Gasteiger partial charge in [0.2, 0.25) is 5.88 Å². The summed E-state index contributed by atoms with van der Waals surface area (Å²) in [5.74, 6) is 0.0612. The first-order valence-electron chi connectivity index (χ1n) is 7.13. The van der Waals surface area contributed by atoms with Crippen molar-refractivity contribution in [1.82, 2.24) is 9.88 Å². The molecule has 1 aromatic rings. The maximum Gasteiger partial charge on any atom is 0.323 e. The van der Waals surface area contributed by atoms with Crippen molar-refractivity contribution in [2.45, 2.75) is 31.6 Å². The third-order valence-electron chi connectivity index (χ3n) is 3.60. The fourth-order valence-corrected chi connectivity index (χ4v) is 2.67. The minimum absolute atomic E-state index is 0.0479. The molecule has 0 aliphatic rings. The Morgan fingerprint density at radius 2 is 2.00 bits per heavy atom. The number of nitrogens with zero attached hydrogens (tertiary/aromatic N) is 2. The summed E-state index contributed by atoms with van der Waals surface area (Å²) in [4.78, 5) is 17.3. The smallest absolute Gasteiger partial charge is 0.323 e. The quantitative estimate of drug-likeness (QED) is 0.798. The maximum absolute atomic E-state index is 12.2. The summed E-state index contributed by atoms with van der Waals surface area (Å²) >= 11 is 0. The number of pyridine rings is 1. The molecule has 1 rings (SSSR count). The van der Waals surface area contributed by atoms with Gasteiger partial charge in [-0.3, -0.25) is 5.32 Å².